The first-order valence-electron chi connectivity index (χ1n) is 6.44. The van der Waals surface area contributed by atoms with E-state index in [1.165, 1.54) is 0 Å². The lowest BCUT2D eigenvalue weighted by atomic mass is 10.2. The summed E-state index contributed by atoms with van der Waals surface area (Å²) in [5.41, 5.74) is 1.40. The normalized spacial score (nSPS) is 11.1. The second-order valence-corrected chi connectivity index (χ2v) is 4.94. The number of rotatable bonds is 6. The fraction of sp³-hybridized carbons (Fsp3) is 0.429. The minimum Gasteiger partial charge on any atom is -0.493 e. The van der Waals surface area contributed by atoms with E-state index in [-0.39, 0.29) is 6.54 Å². The summed E-state index contributed by atoms with van der Waals surface area (Å²) in [5, 5.41) is 9.11. The number of carboxylic acid groups (broad SMARTS) is 1. The van der Waals surface area contributed by atoms with Crippen LogP contribution in [-0.4, -0.2) is 53.8 Å². The van der Waals surface area contributed by atoms with Gasteiger partial charge in [0.25, 0.3) is 0 Å². The van der Waals surface area contributed by atoms with E-state index in [4.69, 9.17) is 14.6 Å². The van der Waals surface area contributed by atoms with E-state index >= 15 is 0 Å². The first-order valence-corrected chi connectivity index (χ1v) is 6.44. The van der Waals surface area contributed by atoms with Gasteiger partial charge < -0.3 is 24.0 Å². The van der Waals surface area contributed by atoms with Crippen LogP contribution in [0.4, 0.5) is 0 Å². The Balaban J connectivity index is 2.64. The SMILES string of the molecule is COc1cc2nc(CN(C)C)n(CC(=O)O)c2cc1OC. The molecule has 2 rings (SSSR count). The Morgan fingerprint density at radius 1 is 1.29 bits per heavy atom. The maximum absolute atomic E-state index is 11.1. The summed E-state index contributed by atoms with van der Waals surface area (Å²) in [4.78, 5) is 17.6. The highest BCUT2D eigenvalue weighted by Gasteiger charge is 2.17. The van der Waals surface area contributed by atoms with Crippen molar-refractivity contribution in [2.45, 2.75) is 13.1 Å². The number of carbonyl (C=O) groups is 1. The molecule has 0 aliphatic carbocycles. The third kappa shape index (κ3) is 3.08. The van der Waals surface area contributed by atoms with Crippen molar-refractivity contribution >= 4 is 17.0 Å². The quantitative estimate of drug-likeness (QED) is 0.862. The zero-order valence-corrected chi connectivity index (χ0v) is 12.6. The minimum absolute atomic E-state index is 0.144. The topological polar surface area (TPSA) is 76.8 Å². The molecule has 7 nitrogen and oxygen atoms in total. The third-order valence-electron chi connectivity index (χ3n) is 3.08. The van der Waals surface area contributed by atoms with Gasteiger partial charge in [0.2, 0.25) is 0 Å². The lowest BCUT2D eigenvalue weighted by molar-refractivity contribution is -0.137. The minimum atomic E-state index is -0.913. The Labute approximate surface area is 122 Å². The summed E-state index contributed by atoms with van der Waals surface area (Å²) in [6.45, 7) is 0.405. The van der Waals surface area contributed by atoms with Crippen molar-refractivity contribution in [3.8, 4) is 11.5 Å². The van der Waals surface area contributed by atoms with E-state index in [0.717, 1.165) is 0 Å². The van der Waals surface area contributed by atoms with Gasteiger partial charge in [0.05, 0.1) is 31.8 Å². The molecule has 0 spiro atoms. The summed E-state index contributed by atoms with van der Waals surface area (Å²) >= 11 is 0. The molecule has 0 atom stereocenters. The molecule has 2 aromatic rings. The number of methoxy groups -OCH3 is 2. The Morgan fingerprint density at radius 3 is 2.43 bits per heavy atom. The highest BCUT2D eigenvalue weighted by atomic mass is 16.5. The molecular weight excluding hydrogens is 274 g/mol. The molecular formula is C14H19N3O4. The predicted octanol–water partition coefficient (Wildman–Crippen LogP) is 1.20. The number of imidazole rings is 1. The average molecular weight is 293 g/mol. The Hall–Kier alpha value is -2.28. The lowest BCUT2D eigenvalue weighted by Gasteiger charge is -2.11. The van der Waals surface area contributed by atoms with Gasteiger partial charge in [-0.25, -0.2) is 4.98 Å². The van der Waals surface area contributed by atoms with E-state index < -0.39 is 5.97 Å². The highest BCUT2D eigenvalue weighted by Crippen LogP contribution is 2.32. The van der Waals surface area contributed by atoms with Crippen LogP contribution in [0.15, 0.2) is 12.1 Å². The van der Waals surface area contributed by atoms with Crippen molar-refractivity contribution in [1.29, 1.82) is 0 Å². The van der Waals surface area contributed by atoms with Gasteiger partial charge >= 0.3 is 5.97 Å². The van der Waals surface area contributed by atoms with Crippen LogP contribution in [0.3, 0.4) is 0 Å². The average Bonchev–Trinajstić information content (AvgIpc) is 2.73. The number of nitrogens with zero attached hydrogens (tertiary/aromatic N) is 3. The molecule has 0 aliphatic heterocycles. The smallest absolute Gasteiger partial charge is 0.323 e. The van der Waals surface area contributed by atoms with Crippen LogP contribution < -0.4 is 9.47 Å². The summed E-state index contributed by atoms with van der Waals surface area (Å²) in [5.74, 6) is 0.895. The van der Waals surface area contributed by atoms with Gasteiger partial charge in [0, 0.05) is 12.1 Å². The number of hydrogen-bond donors (Lipinski definition) is 1. The van der Waals surface area contributed by atoms with E-state index in [1.54, 1.807) is 30.9 Å². The first kappa shape index (κ1) is 15.1. The van der Waals surface area contributed by atoms with Gasteiger partial charge in [-0.05, 0) is 14.1 Å². The Kier molecular flexibility index (Phi) is 4.32. The summed E-state index contributed by atoms with van der Waals surface area (Å²) in [6.07, 6.45) is 0. The van der Waals surface area contributed by atoms with Crippen molar-refractivity contribution in [3.05, 3.63) is 18.0 Å². The monoisotopic (exact) mass is 293 g/mol. The maximum Gasteiger partial charge on any atom is 0.323 e. The third-order valence-corrected chi connectivity index (χ3v) is 3.08. The fourth-order valence-electron chi connectivity index (χ4n) is 2.22. The van der Waals surface area contributed by atoms with Crippen molar-refractivity contribution < 1.29 is 19.4 Å². The number of hydrogen-bond acceptors (Lipinski definition) is 5. The number of carboxylic acids is 1. The highest BCUT2D eigenvalue weighted by molar-refractivity contribution is 5.82. The van der Waals surface area contributed by atoms with Crippen LogP contribution in [-0.2, 0) is 17.9 Å². The molecule has 21 heavy (non-hydrogen) atoms. The van der Waals surface area contributed by atoms with Crippen LogP contribution in [0.2, 0.25) is 0 Å². The molecule has 1 aromatic carbocycles. The number of fused-ring (bicyclic) bond motifs is 1. The van der Waals surface area contributed by atoms with E-state index in [9.17, 15) is 4.79 Å². The van der Waals surface area contributed by atoms with Crippen LogP contribution >= 0.6 is 0 Å². The van der Waals surface area contributed by atoms with Gasteiger partial charge in [-0.2, -0.15) is 0 Å². The molecule has 0 radical (unpaired) electrons. The van der Waals surface area contributed by atoms with Gasteiger partial charge in [0.1, 0.15) is 12.4 Å². The van der Waals surface area contributed by atoms with Crippen molar-refractivity contribution in [2.75, 3.05) is 28.3 Å². The van der Waals surface area contributed by atoms with E-state index in [2.05, 4.69) is 4.98 Å². The molecule has 0 aliphatic rings. The van der Waals surface area contributed by atoms with Crippen molar-refractivity contribution in [3.63, 3.8) is 0 Å². The number of aromatic nitrogens is 2. The number of benzene rings is 1. The standard InChI is InChI=1S/C14H19N3O4/c1-16(2)7-13-15-9-5-11(20-3)12(21-4)6-10(9)17(13)8-14(18)19/h5-6H,7-8H2,1-4H3,(H,18,19). The maximum atomic E-state index is 11.1. The van der Waals surface area contributed by atoms with Crippen LogP contribution in [0.5, 0.6) is 11.5 Å². The van der Waals surface area contributed by atoms with E-state index in [1.807, 2.05) is 19.0 Å². The van der Waals surface area contributed by atoms with Gasteiger partial charge in [0.15, 0.2) is 11.5 Å². The second kappa shape index (κ2) is 6.01. The molecule has 1 N–H and O–H groups in total. The van der Waals surface area contributed by atoms with Crippen LogP contribution in [0.25, 0.3) is 11.0 Å². The molecule has 1 aromatic heterocycles. The molecule has 0 saturated carbocycles. The molecule has 0 amide bonds. The summed E-state index contributed by atoms with van der Waals surface area (Å²) in [6, 6.07) is 3.51. The van der Waals surface area contributed by atoms with Gasteiger partial charge in [-0.3, -0.25) is 4.79 Å². The molecule has 114 valence electrons. The molecule has 7 heteroatoms. The zero-order valence-electron chi connectivity index (χ0n) is 12.6. The van der Waals surface area contributed by atoms with Crippen molar-refractivity contribution in [2.24, 2.45) is 0 Å². The van der Waals surface area contributed by atoms with Crippen LogP contribution in [0, 0.1) is 0 Å². The summed E-state index contributed by atoms with van der Waals surface area (Å²) in [7, 11) is 6.91. The van der Waals surface area contributed by atoms with Gasteiger partial charge in [-0.15, -0.1) is 0 Å². The zero-order chi connectivity index (χ0) is 15.6. The molecule has 0 saturated heterocycles. The van der Waals surface area contributed by atoms with Crippen LogP contribution in [0.1, 0.15) is 5.82 Å². The molecule has 0 unspecified atom stereocenters. The largest absolute Gasteiger partial charge is 0.493 e. The molecule has 1 heterocycles. The first-order chi connectivity index (χ1) is 9.96. The van der Waals surface area contributed by atoms with Crippen molar-refractivity contribution in [1.82, 2.24) is 14.5 Å². The Bertz CT molecular complexity index is 664. The molecule has 0 fully saturated rings. The fourth-order valence-corrected chi connectivity index (χ4v) is 2.22. The number of ether oxygens (including phenoxy) is 2. The second-order valence-electron chi connectivity index (χ2n) is 4.94. The molecule has 0 bridgehead atoms. The predicted molar refractivity (Wildman–Crippen MR) is 77.9 cm³/mol. The lowest BCUT2D eigenvalue weighted by Crippen LogP contribution is -2.18. The van der Waals surface area contributed by atoms with Gasteiger partial charge in [-0.1, -0.05) is 0 Å². The van der Waals surface area contributed by atoms with E-state index in [0.29, 0.717) is 34.9 Å². The summed E-state index contributed by atoms with van der Waals surface area (Å²) < 4.78 is 12.2. The number of aliphatic carboxylic acids is 1. The Morgan fingerprint density at radius 2 is 1.90 bits per heavy atom.